The molecule has 4 heteroatoms. The monoisotopic (exact) mass is 216 g/mol. The average Bonchev–Trinajstić information content (AvgIpc) is 2.84. The predicted molar refractivity (Wildman–Crippen MR) is 57.6 cm³/mol. The van der Waals surface area contributed by atoms with Gasteiger partial charge in [0.05, 0.1) is 6.04 Å². The van der Waals surface area contributed by atoms with E-state index >= 15 is 0 Å². The van der Waals surface area contributed by atoms with Gasteiger partial charge in [0, 0.05) is 0 Å². The van der Waals surface area contributed by atoms with Crippen molar-refractivity contribution in [1.82, 2.24) is 10.2 Å². The van der Waals surface area contributed by atoms with E-state index in [1.165, 1.54) is 0 Å². The standard InChI is InChI=1S/C12H12N2O2/c15-11-10-7-6-9(14(10)12(16)13-11)8-4-2-1-3-5-8/h1-5,9-10H,6-7H2,(H,13,15,16). The van der Waals surface area contributed by atoms with Crippen molar-refractivity contribution in [2.45, 2.75) is 24.9 Å². The fraction of sp³-hybridized carbons (Fsp3) is 0.333. The fourth-order valence-corrected chi connectivity index (χ4v) is 2.61. The van der Waals surface area contributed by atoms with Gasteiger partial charge >= 0.3 is 6.03 Å². The first-order valence-corrected chi connectivity index (χ1v) is 5.45. The van der Waals surface area contributed by atoms with E-state index in [-0.39, 0.29) is 24.0 Å². The molecule has 2 aliphatic rings. The lowest BCUT2D eigenvalue weighted by Crippen LogP contribution is -2.31. The molecule has 2 fully saturated rings. The first-order valence-electron chi connectivity index (χ1n) is 5.45. The Morgan fingerprint density at radius 3 is 2.50 bits per heavy atom. The molecule has 1 aromatic carbocycles. The second-order valence-corrected chi connectivity index (χ2v) is 4.22. The van der Waals surface area contributed by atoms with Gasteiger partial charge in [-0.05, 0) is 18.4 Å². The van der Waals surface area contributed by atoms with Crippen molar-refractivity contribution in [2.24, 2.45) is 0 Å². The SMILES string of the molecule is O=C1NC(=O)N2C1CCC2c1ccccc1. The topological polar surface area (TPSA) is 49.4 Å². The maximum atomic E-state index is 11.6. The highest BCUT2D eigenvalue weighted by molar-refractivity contribution is 6.04. The van der Waals surface area contributed by atoms with Crippen LogP contribution in [0.5, 0.6) is 0 Å². The number of carbonyl (C=O) groups excluding carboxylic acids is 2. The second-order valence-electron chi connectivity index (χ2n) is 4.22. The van der Waals surface area contributed by atoms with Crippen LogP contribution >= 0.6 is 0 Å². The molecule has 0 saturated carbocycles. The zero-order chi connectivity index (χ0) is 11.1. The summed E-state index contributed by atoms with van der Waals surface area (Å²) in [5, 5.41) is 2.37. The summed E-state index contributed by atoms with van der Waals surface area (Å²) in [5.74, 6) is -0.150. The highest BCUT2D eigenvalue weighted by Crippen LogP contribution is 2.38. The zero-order valence-electron chi connectivity index (χ0n) is 8.72. The molecule has 1 N–H and O–H groups in total. The Morgan fingerprint density at radius 2 is 1.75 bits per heavy atom. The van der Waals surface area contributed by atoms with Crippen LogP contribution in [0.2, 0.25) is 0 Å². The molecule has 2 heterocycles. The lowest BCUT2D eigenvalue weighted by atomic mass is 10.0. The van der Waals surface area contributed by atoms with Crippen LogP contribution in [0.1, 0.15) is 24.4 Å². The third kappa shape index (κ3) is 1.23. The Bertz CT molecular complexity index is 444. The van der Waals surface area contributed by atoms with Crippen molar-refractivity contribution in [3.8, 4) is 0 Å². The highest BCUT2D eigenvalue weighted by atomic mass is 16.2. The molecular weight excluding hydrogens is 204 g/mol. The Kier molecular flexibility index (Phi) is 1.96. The van der Waals surface area contributed by atoms with E-state index in [2.05, 4.69) is 5.32 Å². The van der Waals surface area contributed by atoms with Crippen LogP contribution < -0.4 is 5.32 Å². The maximum Gasteiger partial charge on any atom is 0.325 e. The van der Waals surface area contributed by atoms with E-state index in [1.807, 2.05) is 30.3 Å². The lowest BCUT2D eigenvalue weighted by Gasteiger charge is -2.22. The first kappa shape index (κ1) is 9.39. The molecular formula is C12H12N2O2. The molecule has 0 aliphatic carbocycles. The van der Waals surface area contributed by atoms with Crippen molar-refractivity contribution in [1.29, 1.82) is 0 Å². The van der Waals surface area contributed by atoms with Crippen LogP contribution in [0.15, 0.2) is 30.3 Å². The molecule has 0 aromatic heterocycles. The number of amides is 3. The molecule has 2 unspecified atom stereocenters. The normalized spacial score (nSPS) is 28.1. The summed E-state index contributed by atoms with van der Waals surface area (Å²) in [6, 6.07) is 9.42. The van der Waals surface area contributed by atoms with Crippen LogP contribution in [0, 0.1) is 0 Å². The summed E-state index contributed by atoms with van der Waals surface area (Å²) in [4.78, 5) is 24.8. The van der Waals surface area contributed by atoms with Gasteiger partial charge in [-0.2, -0.15) is 0 Å². The minimum Gasteiger partial charge on any atom is -0.305 e. The van der Waals surface area contributed by atoms with Gasteiger partial charge < -0.3 is 4.90 Å². The van der Waals surface area contributed by atoms with Crippen molar-refractivity contribution in [3.05, 3.63) is 35.9 Å². The third-order valence-electron chi connectivity index (χ3n) is 3.34. The van der Waals surface area contributed by atoms with Crippen LogP contribution in [0.3, 0.4) is 0 Å². The second kappa shape index (κ2) is 3.33. The average molecular weight is 216 g/mol. The number of nitrogens with zero attached hydrogens (tertiary/aromatic N) is 1. The molecule has 0 spiro atoms. The molecule has 3 amide bonds. The molecule has 0 radical (unpaired) electrons. The zero-order valence-corrected chi connectivity index (χ0v) is 8.72. The minimum atomic E-state index is -0.252. The molecule has 2 aliphatic heterocycles. The number of imide groups is 1. The van der Waals surface area contributed by atoms with Gasteiger partial charge in [0.2, 0.25) is 0 Å². The van der Waals surface area contributed by atoms with E-state index in [0.717, 1.165) is 18.4 Å². The summed E-state index contributed by atoms with van der Waals surface area (Å²) in [6.45, 7) is 0. The number of benzene rings is 1. The third-order valence-corrected chi connectivity index (χ3v) is 3.34. The van der Waals surface area contributed by atoms with Gasteiger partial charge in [0.25, 0.3) is 5.91 Å². The van der Waals surface area contributed by atoms with E-state index in [4.69, 9.17) is 0 Å². The Hall–Kier alpha value is -1.84. The molecule has 2 atom stereocenters. The van der Waals surface area contributed by atoms with Crippen molar-refractivity contribution in [2.75, 3.05) is 0 Å². The van der Waals surface area contributed by atoms with Gasteiger partial charge in [-0.3, -0.25) is 10.1 Å². The quantitative estimate of drug-likeness (QED) is 0.722. The molecule has 0 bridgehead atoms. The number of fused-ring (bicyclic) bond motifs is 1. The van der Waals surface area contributed by atoms with Crippen molar-refractivity contribution < 1.29 is 9.59 Å². The van der Waals surface area contributed by atoms with Gasteiger partial charge in [-0.15, -0.1) is 0 Å². The largest absolute Gasteiger partial charge is 0.325 e. The van der Waals surface area contributed by atoms with Crippen LogP contribution in [-0.4, -0.2) is 22.9 Å². The lowest BCUT2D eigenvalue weighted by molar-refractivity contribution is -0.121. The predicted octanol–water partition coefficient (Wildman–Crippen LogP) is 1.44. The highest BCUT2D eigenvalue weighted by Gasteiger charge is 2.47. The maximum absolute atomic E-state index is 11.6. The number of nitrogens with one attached hydrogen (secondary N) is 1. The van der Waals surface area contributed by atoms with Crippen LogP contribution in [0.4, 0.5) is 4.79 Å². The number of hydrogen-bond donors (Lipinski definition) is 1. The van der Waals surface area contributed by atoms with Crippen LogP contribution in [0.25, 0.3) is 0 Å². The molecule has 16 heavy (non-hydrogen) atoms. The van der Waals surface area contributed by atoms with E-state index in [0.29, 0.717) is 0 Å². The Morgan fingerprint density at radius 1 is 1.06 bits per heavy atom. The van der Waals surface area contributed by atoms with E-state index in [9.17, 15) is 9.59 Å². The molecule has 82 valence electrons. The molecule has 4 nitrogen and oxygen atoms in total. The number of urea groups is 1. The number of hydrogen-bond acceptors (Lipinski definition) is 2. The molecule has 1 aromatic rings. The summed E-state index contributed by atoms with van der Waals surface area (Å²) in [6.07, 6.45) is 1.63. The van der Waals surface area contributed by atoms with E-state index < -0.39 is 0 Å². The van der Waals surface area contributed by atoms with Gasteiger partial charge in [-0.25, -0.2) is 4.79 Å². The molecule has 2 saturated heterocycles. The number of rotatable bonds is 1. The minimum absolute atomic E-state index is 0.0534. The Labute approximate surface area is 93.2 Å². The van der Waals surface area contributed by atoms with Crippen molar-refractivity contribution in [3.63, 3.8) is 0 Å². The summed E-state index contributed by atoms with van der Waals surface area (Å²) in [5.41, 5.74) is 1.11. The summed E-state index contributed by atoms with van der Waals surface area (Å²) >= 11 is 0. The Balaban J connectivity index is 1.94. The van der Waals surface area contributed by atoms with Gasteiger partial charge in [0.1, 0.15) is 6.04 Å². The molecule has 3 rings (SSSR count). The summed E-state index contributed by atoms with van der Waals surface area (Å²) < 4.78 is 0. The van der Waals surface area contributed by atoms with E-state index in [1.54, 1.807) is 4.90 Å². The smallest absolute Gasteiger partial charge is 0.305 e. The van der Waals surface area contributed by atoms with Crippen LogP contribution in [-0.2, 0) is 4.79 Å². The fourth-order valence-electron chi connectivity index (χ4n) is 2.61. The van der Waals surface area contributed by atoms with Crippen molar-refractivity contribution >= 4 is 11.9 Å². The van der Waals surface area contributed by atoms with Gasteiger partial charge in [-0.1, -0.05) is 30.3 Å². The number of carbonyl (C=O) groups is 2. The summed E-state index contributed by atoms with van der Waals surface area (Å²) in [7, 11) is 0. The first-order chi connectivity index (χ1) is 7.77. The van der Waals surface area contributed by atoms with Gasteiger partial charge in [0.15, 0.2) is 0 Å².